The maximum Gasteiger partial charge on any atom is 0.208 e. The van der Waals surface area contributed by atoms with Crippen molar-refractivity contribution in [1.82, 2.24) is 24.9 Å². The Labute approximate surface area is 157 Å². The Kier molecular flexibility index (Phi) is 3.98. The van der Waals surface area contributed by atoms with E-state index in [0.29, 0.717) is 12.1 Å². The molecule has 4 heterocycles. The zero-order valence-corrected chi connectivity index (χ0v) is 15.6. The van der Waals surface area contributed by atoms with E-state index < -0.39 is 0 Å². The van der Waals surface area contributed by atoms with Crippen molar-refractivity contribution in [2.75, 3.05) is 18.0 Å². The predicted octanol–water partition coefficient (Wildman–Crippen LogP) is 2.89. The van der Waals surface area contributed by atoms with Crippen molar-refractivity contribution in [1.29, 1.82) is 0 Å². The van der Waals surface area contributed by atoms with Crippen LogP contribution in [0.3, 0.4) is 0 Å². The number of anilines is 1. The van der Waals surface area contributed by atoms with Crippen LogP contribution in [0.4, 0.5) is 5.13 Å². The lowest BCUT2D eigenvalue weighted by molar-refractivity contribution is 0.246. The van der Waals surface area contributed by atoms with Crippen LogP contribution in [0.25, 0.3) is 5.69 Å². The van der Waals surface area contributed by atoms with E-state index in [1.165, 1.54) is 18.4 Å². The molecular formula is C19H22N6S. The number of benzene rings is 1. The van der Waals surface area contributed by atoms with Gasteiger partial charge in [-0.3, -0.25) is 4.90 Å². The molecule has 2 atom stereocenters. The monoisotopic (exact) mass is 366 g/mol. The zero-order chi connectivity index (χ0) is 17.5. The lowest BCUT2D eigenvalue weighted by Crippen LogP contribution is -2.36. The summed E-state index contributed by atoms with van der Waals surface area (Å²) in [5.41, 5.74) is 2.48. The molecule has 2 aliphatic heterocycles. The third-order valence-corrected chi connectivity index (χ3v) is 6.39. The quantitative estimate of drug-likeness (QED) is 0.711. The second-order valence-electron chi connectivity index (χ2n) is 7.10. The lowest BCUT2D eigenvalue weighted by atomic mass is 10.1. The predicted molar refractivity (Wildman–Crippen MR) is 103 cm³/mol. The van der Waals surface area contributed by atoms with Crippen LogP contribution in [-0.2, 0) is 6.54 Å². The van der Waals surface area contributed by atoms with Crippen molar-refractivity contribution in [3.63, 3.8) is 0 Å². The van der Waals surface area contributed by atoms with E-state index >= 15 is 0 Å². The number of hydrogen-bond donors (Lipinski definition) is 0. The molecule has 2 aromatic heterocycles. The molecule has 5 rings (SSSR count). The van der Waals surface area contributed by atoms with Crippen LogP contribution in [0.2, 0.25) is 0 Å². The highest BCUT2D eigenvalue weighted by Gasteiger charge is 2.43. The molecule has 2 saturated heterocycles. The molecular weight excluding hydrogens is 344 g/mol. The summed E-state index contributed by atoms with van der Waals surface area (Å²) in [6.45, 7) is 5.27. The number of rotatable bonds is 4. The SMILES string of the molecule is Cc1nnc(N2CC[C@H]3[C@@H]2CCN3Cc2cccc(-n3cccn3)c2)s1. The molecule has 0 unspecified atom stereocenters. The van der Waals surface area contributed by atoms with Gasteiger partial charge < -0.3 is 4.90 Å². The minimum atomic E-state index is 0.580. The molecule has 0 bridgehead atoms. The van der Waals surface area contributed by atoms with E-state index in [-0.39, 0.29) is 0 Å². The maximum atomic E-state index is 4.37. The normalized spacial score (nSPS) is 22.9. The second-order valence-corrected chi connectivity index (χ2v) is 8.26. The summed E-state index contributed by atoms with van der Waals surface area (Å²) >= 11 is 1.72. The summed E-state index contributed by atoms with van der Waals surface area (Å²) in [6.07, 6.45) is 6.23. The van der Waals surface area contributed by atoms with Gasteiger partial charge in [-0.15, -0.1) is 10.2 Å². The highest BCUT2D eigenvalue weighted by atomic mass is 32.1. The van der Waals surface area contributed by atoms with E-state index in [9.17, 15) is 0 Å². The third-order valence-electron chi connectivity index (χ3n) is 5.52. The molecule has 1 aromatic carbocycles. The van der Waals surface area contributed by atoms with Gasteiger partial charge in [-0.1, -0.05) is 23.5 Å². The van der Waals surface area contributed by atoms with Crippen LogP contribution in [0, 0.1) is 6.92 Å². The standard InChI is InChI=1S/C19H22N6S/c1-14-21-22-19(26-14)24-11-7-17-18(24)6-10-23(17)13-15-4-2-5-16(12-15)25-9-3-8-20-25/h2-5,8-9,12,17-18H,6-7,10-11,13H2,1H3/t17-,18-/m0/s1. The van der Waals surface area contributed by atoms with Crippen molar-refractivity contribution in [3.05, 3.63) is 53.3 Å². The number of fused-ring (bicyclic) bond motifs is 1. The topological polar surface area (TPSA) is 50.1 Å². The fourth-order valence-corrected chi connectivity index (χ4v) is 5.14. The molecule has 0 radical (unpaired) electrons. The first-order valence-corrected chi connectivity index (χ1v) is 9.99. The van der Waals surface area contributed by atoms with E-state index in [1.807, 2.05) is 30.1 Å². The Morgan fingerprint density at radius 1 is 1.12 bits per heavy atom. The first kappa shape index (κ1) is 16.0. The van der Waals surface area contributed by atoms with Gasteiger partial charge in [0.25, 0.3) is 0 Å². The smallest absolute Gasteiger partial charge is 0.208 e. The molecule has 3 aromatic rings. The molecule has 2 fully saturated rings. The van der Waals surface area contributed by atoms with Gasteiger partial charge in [0.05, 0.1) is 5.69 Å². The molecule has 0 amide bonds. The van der Waals surface area contributed by atoms with Gasteiger partial charge in [-0.2, -0.15) is 5.10 Å². The molecule has 2 aliphatic rings. The summed E-state index contributed by atoms with van der Waals surface area (Å²) in [4.78, 5) is 5.12. The Balaban J connectivity index is 1.31. The summed E-state index contributed by atoms with van der Waals surface area (Å²) in [7, 11) is 0. The first-order valence-electron chi connectivity index (χ1n) is 9.18. The molecule has 0 spiro atoms. The number of nitrogens with zero attached hydrogens (tertiary/aromatic N) is 6. The zero-order valence-electron chi connectivity index (χ0n) is 14.8. The fraction of sp³-hybridized carbons (Fsp3) is 0.421. The van der Waals surface area contributed by atoms with Crippen molar-refractivity contribution >= 4 is 16.5 Å². The number of aryl methyl sites for hydroxylation is 1. The Morgan fingerprint density at radius 2 is 2.04 bits per heavy atom. The maximum absolute atomic E-state index is 4.37. The summed E-state index contributed by atoms with van der Waals surface area (Å²) in [6, 6.07) is 11.9. The average Bonchev–Trinajstić information content (AvgIpc) is 3.41. The van der Waals surface area contributed by atoms with Gasteiger partial charge in [0, 0.05) is 44.1 Å². The van der Waals surface area contributed by atoms with Gasteiger partial charge >= 0.3 is 0 Å². The van der Waals surface area contributed by atoms with Crippen LogP contribution in [0.1, 0.15) is 23.4 Å². The average molecular weight is 366 g/mol. The highest BCUT2D eigenvalue weighted by Crippen LogP contribution is 2.36. The molecule has 26 heavy (non-hydrogen) atoms. The minimum absolute atomic E-state index is 0.580. The second kappa shape index (κ2) is 6.48. The van der Waals surface area contributed by atoms with Crippen LogP contribution in [0.5, 0.6) is 0 Å². The lowest BCUT2D eigenvalue weighted by Gasteiger charge is -2.25. The summed E-state index contributed by atoms with van der Waals surface area (Å²) in [5, 5.41) is 15.1. The van der Waals surface area contributed by atoms with Gasteiger partial charge in [0.1, 0.15) is 5.01 Å². The molecule has 0 saturated carbocycles. The van der Waals surface area contributed by atoms with Gasteiger partial charge in [-0.25, -0.2) is 4.68 Å². The molecule has 0 aliphatic carbocycles. The van der Waals surface area contributed by atoms with E-state index in [0.717, 1.165) is 35.5 Å². The van der Waals surface area contributed by atoms with Crippen molar-refractivity contribution in [3.8, 4) is 5.69 Å². The first-order chi connectivity index (χ1) is 12.8. The van der Waals surface area contributed by atoms with Crippen LogP contribution >= 0.6 is 11.3 Å². The van der Waals surface area contributed by atoms with Crippen molar-refractivity contribution < 1.29 is 0 Å². The Morgan fingerprint density at radius 3 is 2.85 bits per heavy atom. The molecule has 134 valence electrons. The van der Waals surface area contributed by atoms with Gasteiger partial charge in [-0.05, 0) is 43.5 Å². The number of likely N-dealkylation sites (tertiary alicyclic amines) is 1. The van der Waals surface area contributed by atoms with E-state index in [4.69, 9.17) is 0 Å². The van der Waals surface area contributed by atoms with Gasteiger partial charge in [0.15, 0.2) is 0 Å². The number of hydrogen-bond acceptors (Lipinski definition) is 6. The van der Waals surface area contributed by atoms with Crippen molar-refractivity contribution in [2.45, 2.75) is 38.4 Å². The van der Waals surface area contributed by atoms with Crippen LogP contribution in [0.15, 0.2) is 42.7 Å². The van der Waals surface area contributed by atoms with Gasteiger partial charge in [0.2, 0.25) is 5.13 Å². The molecule has 0 N–H and O–H groups in total. The summed E-state index contributed by atoms with van der Waals surface area (Å²) < 4.78 is 1.92. The molecule has 6 nitrogen and oxygen atoms in total. The van der Waals surface area contributed by atoms with E-state index in [2.05, 4.69) is 49.4 Å². The van der Waals surface area contributed by atoms with E-state index in [1.54, 1.807) is 11.3 Å². The summed E-state index contributed by atoms with van der Waals surface area (Å²) in [5.74, 6) is 0. The Bertz CT molecular complexity index is 889. The minimum Gasteiger partial charge on any atom is -0.342 e. The van der Waals surface area contributed by atoms with Crippen molar-refractivity contribution in [2.24, 2.45) is 0 Å². The Hall–Kier alpha value is -2.25. The highest BCUT2D eigenvalue weighted by molar-refractivity contribution is 7.15. The largest absolute Gasteiger partial charge is 0.342 e. The van der Waals surface area contributed by atoms with Crippen LogP contribution in [-0.4, -0.2) is 50.1 Å². The third kappa shape index (κ3) is 2.81. The molecule has 7 heteroatoms. The van der Waals surface area contributed by atoms with Crippen LogP contribution < -0.4 is 4.90 Å². The number of aromatic nitrogens is 4. The fourth-order valence-electron chi connectivity index (χ4n) is 4.36.